The number of alkyl halides is 6. The first kappa shape index (κ1) is 18.7. The lowest BCUT2D eigenvalue weighted by Gasteiger charge is -2.27. The molecular weight excluding hydrogens is 378 g/mol. The highest BCUT2D eigenvalue weighted by Crippen LogP contribution is 2.37. The van der Waals surface area contributed by atoms with Crippen molar-refractivity contribution in [3.8, 4) is 0 Å². The zero-order valence-corrected chi connectivity index (χ0v) is 13.2. The molecule has 1 saturated heterocycles. The minimum Gasteiger partial charge on any atom is -0.316 e. The van der Waals surface area contributed by atoms with Crippen molar-refractivity contribution < 1.29 is 35.9 Å². The van der Waals surface area contributed by atoms with Crippen molar-refractivity contribution >= 4 is 11.9 Å². The van der Waals surface area contributed by atoms with Gasteiger partial charge in [-0.3, -0.25) is 10.1 Å². The van der Waals surface area contributed by atoms with E-state index in [2.05, 4.69) is 5.32 Å². The molecule has 2 aromatic rings. The van der Waals surface area contributed by atoms with Gasteiger partial charge in [-0.25, -0.2) is 4.79 Å². The van der Waals surface area contributed by atoms with Crippen LogP contribution >= 0.6 is 0 Å². The number of hydrogen-bond donors (Lipinski definition) is 2. The SMILES string of the molecule is O=C1NC(=O)C(c2ccc(C(F)(F)F)cc2)(c2ccc(C(F)(F)F)cc2)N1. The average Bonchev–Trinajstić information content (AvgIpc) is 2.89. The quantitative estimate of drug-likeness (QED) is 0.607. The molecular formula is C17H10F6N2O2. The summed E-state index contributed by atoms with van der Waals surface area (Å²) < 4.78 is 76.5. The van der Waals surface area contributed by atoms with Gasteiger partial charge in [0.2, 0.25) is 0 Å². The molecule has 2 aromatic carbocycles. The third-order valence-electron chi connectivity index (χ3n) is 4.16. The van der Waals surface area contributed by atoms with Crippen LogP contribution in [0.3, 0.4) is 0 Å². The lowest BCUT2D eigenvalue weighted by atomic mass is 9.82. The third-order valence-corrected chi connectivity index (χ3v) is 4.16. The number of urea groups is 1. The number of hydrogen-bond acceptors (Lipinski definition) is 2. The van der Waals surface area contributed by atoms with Crippen molar-refractivity contribution in [1.29, 1.82) is 0 Å². The highest BCUT2D eigenvalue weighted by Gasteiger charge is 2.49. The van der Waals surface area contributed by atoms with Crippen LogP contribution in [0.15, 0.2) is 48.5 Å². The number of halogens is 6. The van der Waals surface area contributed by atoms with Gasteiger partial charge >= 0.3 is 18.4 Å². The second-order valence-electron chi connectivity index (χ2n) is 5.81. The van der Waals surface area contributed by atoms with Crippen LogP contribution in [0.5, 0.6) is 0 Å². The number of carbonyl (C=O) groups is 2. The van der Waals surface area contributed by atoms with Crippen LogP contribution in [0.1, 0.15) is 22.3 Å². The van der Waals surface area contributed by atoms with Gasteiger partial charge in [0.25, 0.3) is 5.91 Å². The summed E-state index contributed by atoms with van der Waals surface area (Å²) >= 11 is 0. The first-order valence-electron chi connectivity index (χ1n) is 7.43. The first-order valence-corrected chi connectivity index (χ1v) is 7.43. The van der Waals surface area contributed by atoms with Gasteiger partial charge in [0, 0.05) is 0 Å². The Morgan fingerprint density at radius 3 is 1.30 bits per heavy atom. The van der Waals surface area contributed by atoms with Crippen LogP contribution in [0, 0.1) is 0 Å². The first-order chi connectivity index (χ1) is 12.4. The normalized spacial score (nSPS) is 16.8. The van der Waals surface area contributed by atoms with Crippen molar-refractivity contribution in [2.24, 2.45) is 0 Å². The van der Waals surface area contributed by atoms with Crippen molar-refractivity contribution in [2.45, 2.75) is 17.9 Å². The minimum absolute atomic E-state index is 0.0291. The van der Waals surface area contributed by atoms with E-state index in [1.54, 1.807) is 0 Å². The molecule has 0 unspecified atom stereocenters. The summed E-state index contributed by atoms with van der Waals surface area (Å²) in [5.41, 5.74) is -3.94. The number of rotatable bonds is 2. The van der Waals surface area contributed by atoms with Crippen molar-refractivity contribution in [3.63, 3.8) is 0 Å². The van der Waals surface area contributed by atoms with E-state index < -0.39 is 41.0 Å². The Bertz CT molecular complexity index is 828. The lowest BCUT2D eigenvalue weighted by molar-refractivity contribution is -0.138. The standard InChI is InChI=1S/C17H10F6N2O2/c18-16(19,20)11-5-1-9(2-6-11)15(13(26)24-14(27)25-15)10-3-7-12(8-4-10)17(21,22)23/h1-8H,(H2,24,25,26,27). The number of nitrogens with one attached hydrogen (secondary N) is 2. The molecule has 3 amide bonds. The van der Waals surface area contributed by atoms with E-state index in [1.807, 2.05) is 5.32 Å². The van der Waals surface area contributed by atoms with E-state index in [9.17, 15) is 35.9 Å². The highest BCUT2D eigenvalue weighted by atomic mass is 19.4. The molecule has 1 fully saturated rings. The van der Waals surface area contributed by atoms with E-state index in [0.717, 1.165) is 48.5 Å². The van der Waals surface area contributed by atoms with Gasteiger partial charge in [0.05, 0.1) is 11.1 Å². The molecule has 0 saturated carbocycles. The number of benzene rings is 2. The topological polar surface area (TPSA) is 58.2 Å². The molecule has 3 rings (SSSR count). The average molecular weight is 388 g/mol. The second kappa shape index (κ2) is 6.00. The zero-order chi connectivity index (χ0) is 20.0. The largest absolute Gasteiger partial charge is 0.416 e. The molecule has 142 valence electrons. The summed E-state index contributed by atoms with van der Waals surface area (Å²) in [5, 5.41) is 4.26. The van der Waals surface area contributed by atoms with E-state index in [4.69, 9.17) is 0 Å². The molecule has 27 heavy (non-hydrogen) atoms. The Morgan fingerprint density at radius 2 is 1.04 bits per heavy atom. The van der Waals surface area contributed by atoms with Gasteiger partial charge < -0.3 is 5.32 Å². The third kappa shape index (κ3) is 3.22. The Morgan fingerprint density at radius 1 is 0.667 bits per heavy atom. The Balaban J connectivity index is 2.12. The number of amides is 3. The Hall–Kier alpha value is -3.04. The molecule has 0 aromatic heterocycles. The molecule has 1 aliphatic heterocycles. The fraction of sp³-hybridized carbons (Fsp3) is 0.176. The molecule has 0 aliphatic carbocycles. The smallest absolute Gasteiger partial charge is 0.316 e. The zero-order valence-electron chi connectivity index (χ0n) is 13.2. The molecule has 0 spiro atoms. The van der Waals surface area contributed by atoms with Crippen LogP contribution in [0.25, 0.3) is 0 Å². The molecule has 1 heterocycles. The van der Waals surface area contributed by atoms with Crippen molar-refractivity contribution in [3.05, 3.63) is 70.8 Å². The fourth-order valence-corrected chi connectivity index (χ4v) is 2.85. The van der Waals surface area contributed by atoms with Gasteiger partial charge in [0.1, 0.15) is 0 Å². The summed E-state index contributed by atoms with van der Waals surface area (Å²) in [5.74, 6) is -0.910. The molecule has 0 radical (unpaired) electrons. The predicted molar refractivity (Wildman–Crippen MR) is 80.3 cm³/mol. The summed E-state index contributed by atoms with van der Waals surface area (Å²) in [6, 6.07) is 5.93. The summed E-state index contributed by atoms with van der Waals surface area (Å²) in [4.78, 5) is 24.1. The van der Waals surface area contributed by atoms with E-state index in [0.29, 0.717) is 0 Å². The maximum atomic E-state index is 12.8. The fourth-order valence-electron chi connectivity index (χ4n) is 2.85. The molecule has 0 atom stereocenters. The predicted octanol–water partition coefficient (Wildman–Crippen LogP) is 3.81. The van der Waals surface area contributed by atoms with E-state index in [-0.39, 0.29) is 11.1 Å². The summed E-state index contributed by atoms with van der Waals surface area (Å²) in [6.45, 7) is 0. The monoisotopic (exact) mass is 388 g/mol. The molecule has 1 aliphatic rings. The Labute approximate surface area is 148 Å². The van der Waals surface area contributed by atoms with E-state index >= 15 is 0 Å². The van der Waals surface area contributed by atoms with Gasteiger partial charge in [-0.1, -0.05) is 24.3 Å². The maximum Gasteiger partial charge on any atom is 0.416 e. The Kier molecular flexibility index (Phi) is 4.16. The molecule has 0 bridgehead atoms. The number of imide groups is 1. The summed E-state index contributed by atoms with van der Waals surface area (Å²) in [6.07, 6.45) is -9.22. The van der Waals surface area contributed by atoms with Gasteiger partial charge in [-0.15, -0.1) is 0 Å². The van der Waals surface area contributed by atoms with Crippen LogP contribution in [0.2, 0.25) is 0 Å². The number of carbonyl (C=O) groups excluding carboxylic acids is 2. The van der Waals surface area contributed by atoms with Crippen LogP contribution < -0.4 is 10.6 Å². The van der Waals surface area contributed by atoms with Gasteiger partial charge in [-0.05, 0) is 35.4 Å². The maximum absolute atomic E-state index is 12.8. The molecule has 4 nitrogen and oxygen atoms in total. The van der Waals surface area contributed by atoms with Crippen LogP contribution in [0.4, 0.5) is 31.1 Å². The molecule has 10 heteroatoms. The van der Waals surface area contributed by atoms with Gasteiger partial charge in [-0.2, -0.15) is 26.3 Å². The van der Waals surface area contributed by atoms with Crippen LogP contribution in [-0.4, -0.2) is 11.9 Å². The van der Waals surface area contributed by atoms with E-state index in [1.165, 1.54) is 0 Å². The molecule has 2 N–H and O–H groups in total. The van der Waals surface area contributed by atoms with Crippen LogP contribution in [-0.2, 0) is 22.7 Å². The minimum atomic E-state index is -4.61. The second-order valence-corrected chi connectivity index (χ2v) is 5.81. The van der Waals surface area contributed by atoms with Crippen molar-refractivity contribution in [2.75, 3.05) is 0 Å². The van der Waals surface area contributed by atoms with Crippen molar-refractivity contribution in [1.82, 2.24) is 10.6 Å². The van der Waals surface area contributed by atoms with Gasteiger partial charge in [0.15, 0.2) is 5.54 Å². The summed E-state index contributed by atoms with van der Waals surface area (Å²) in [7, 11) is 0. The lowest BCUT2D eigenvalue weighted by Crippen LogP contribution is -2.44. The highest BCUT2D eigenvalue weighted by molar-refractivity contribution is 6.09.